The number of hydrogen-bond donors (Lipinski definition) is 1. The van der Waals surface area contributed by atoms with E-state index in [9.17, 15) is 4.21 Å². The van der Waals surface area contributed by atoms with Crippen LogP contribution < -0.4 is 0 Å². The minimum Gasteiger partial charge on any atom is -0.396 e. The summed E-state index contributed by atoms with van der Waals surface area (Å²) in [6.45, 7) is 5.82. The Hall–Kier alpha value is -0.750. The van der Waals surface area contributed by atoms with Crippen molar-refractivity contribution < 1.29 is 18.8 Å². The topological polar surface area (TPSA) is 55.8 Å². The molecule has 5 heteroatoms. The van der Waals surface area contributed by atoms with Crippen molar-refractivity contribution in [1.82, 2.24) is 0 Å². The van der Waals surface area contributed by atoms with E-state index < -0.39 is 16.6 Å². The molecule has 0 aliphatic carbocycles. The SMILES string of the molecule is Cc1ccc(S(=O)C[C@H]2C[C@@H](CCO)OC(C)(C)O2)cc1. The molecule has 1 unspecified atom stereocenters. The lowest BCUT2D eigenvalue weighted by molar-refractivity contribution is -0.296. The molecule has 2 rings (SSSR count). The van der Waals surface area contributed by atoms with E-state index in [0.29, 0.717) is 18.6 Å². The van der Waals surface area contributed by atoms with E-state index in [4.69, 9.17) is 14.6 Å². The van der Waals surface area contributed by atoms with Crippen LogP contribution in [-0.4, -0.2) is 39.7 Å². The molecule has 0 radical (unpaired) electrons. The first-order valence-corrected chi connectivity index (χ1v) is 8.63. The van der Waals surface area contributed by atoms with Gasteiger partial charge in [0.05, 0.1) is 28.8 Å². The van der Waals surface area contributed by atoms with Crippen LogP contribution >= 0.6 is 0 Å². The van der Waals surface area contributed by atoms with Crippen molar-refractivity contribution in [2.24, 2.45) is 0 Å². The third-order valence-electron chi connectivity index (χ3n) is 3.50. The second kappa shape index (κ2) is 7.01. The second-order valence-corrected chi connectivity index (χ2v) is 7.45. The second-order valence-electron chi connectivity index (χ2n) is 5.95. The Morgan fingerprint density at radius 2 is 1.86 bits per heavy atom. The maximum atomic E-state index is 12.4. The molecule has 0 spiro atoms. The fourth-order valence-electron chi connectivity index (χ4n) is 2.60. The van der Waals surface area contributed by atoms with E-state index in [1.807, 2.05) is 45.0 Å². The van der Waals surface area contributed by atoms with Crippen molar-refractivity contribution in [1.29, 1.82) is 0 Å². The number of benzene rings is 1. The molecule has 21 heavy (non-hydrogen) atoms. The highest BCUT2D eigenvalue weighted by molar-refractivity contribution is 7.85. The van der Waals surface area contributed by atoms with Crippen LogP contribution in [0.15, 0.2) is 29.2 Å². The predicted molar refractivity (Wildman–Crippen MR) is 82.6 cm³/mol. The lowest BCUT2D eigenvalue weighted by atomic mass is 10.1. The number of ether oxygens (including phenoxy) is 2. The first-order valence-electron chi connectivity index (χ1n) is 7.31. The van der Waals surface area contributed by atoms with Crippen LogP contribution in [0.1, 0.15) is 32.3 Å². The molecular weight excluding hydrogens is 288 g/mol. The average Bonchev–Trinajstić information content (AvgIpc) is 2.37. The summed E-state index contributed by atoms with van der Waals surface area (Å²) in [5.41, 5.74) is 1.15. The quantitative estimate of drug-likeness (QED) is 0.907. The summed E-state index contributed by atoms with van der Waals surface area (Å²) in [5, 5.41) is 9.08. The van der Waals surface area contributed by atoms with E-state index in [-0.39, 0.29) is 18.8 Å². The number of rotatable bonds is 5. The highest BCUT2D eigenvalue weighted by atomic mass is 32.2. The Morgan fingerprint density at radius 3 is 2.48 bits per heavy atom. The van der Waals surface area contributed by atoms with Gasteiger partial charge >= 0.3 is 0 Å². The van der Waals surface area contributed by atoms with Crippen LogP contribution in [0, 0.1) is 6.92 Å². The normalized spacial score (nSPS) is 26.5. The average molecular weight is 312 g/mol. The molecule has 0 aromatic heterocycles. The molecule has 0 amide bonds. The standard InChI is InChI=1S/C16H24O4S/c1-12-4-6-15(7-5-12)21(18)11-14-10-13(8-9-17)19-16(2,3)20-14/h4-7,13-14,17H,8-11H2,1-3H3/t13-,14-,21?/m1/s1. The molecular formula is C16H24O4S. The van der Waals surface area contributed by atoms with E-state index in [1.165, 1.54) is 0 Å². The Balaban J connectivity index is 2.00. The Bertz CT molecular complexity index is 484. The van der Waals surface area contributed by atoms with E-state index in [0.717, 1.165) is 10.5 Å². The van der Waals surface area contributed by atoms with Crippen molar-refractivity contribution in [3.05, 3.63) is 29.8 Å². The lowest BCUT2D eigenvalue weighted by Gasteiger charge is -2.40. The largest absolute Gasteiger partial charge is 0.396 e. The van der Waals surface area contributed by atoms with Gasteiger partial charge in [-0.2, -0.15) is 0 Å². The molecule has 1 aromatic rings. The molecule has 1 fully saturated rings. The molecule has 0 bridgehead atoms. The summed E-state index contributed by atoms with van der Waals surface area (Å²) < 4.78 is 24.1. The van der Waals surface area contributed by atoms with Gasteiger partial charge in [0.2, 0.25) is 0 Å². The molecule has 1 N–H and O–H groups in total. The molecule has 0 saturated carbocycles. The number of hydrogen-bond acceptors (Lipinski definition) is 4. The molecule has 4 nitrogen and oxygen atoms in total. The van der Waals surface area contributed by atoms with Crippen LogP contribution in [-0.2, 0) is 20.3 Å². The molecule has 118 valence electrons. The van der Waals surface area contributed by atoms with Crippen LogP contribution in [0.3, 0.4) is 0 Å². The summed E-state index contributed by atoms with van der Waals surface area (Å²) >= 11 is 0. The number of aryl methyl sites for hydroxylation is 1. The van der Waals surface area contributed by atoms with Gasteiger partial charge in [-0.3, -0.25) is 4.21 Å². The lowest BCUT2D eigenvalue weighted by Crippen LogP contribution is -2.46. The van der Waals surface area contributed by atoms with Crippen LogP contribution in [0.25, 0.3) is 0 Å². The van der Waals surface area contributed by atoms with Gasteiger partial charge < -0.3 is 14.6 Å². The van der Waals surface area contributed by atoms with Gasteiger partial charge in [0, 0.05) is 17.9 Å². The van der Waals surface area contributed by atoms with Gasteiger partial charge in [0.25, 0.3) is 0 Å². The predicted octanol–water partition coefficient (Wildman–Crippen LogP) is 2.40. The third-order valence-corrected chi connectivity index (χ3v) is 4.97. The summed E-state index contributed by atoms with van der Waals surface area (Å²) in [7, 11) is -1.08. The number of aliphatic hydroxyl groups excluding tert-OH is 1. The van der Waals surface area contributed by atoms with Crippen LogP contribution in [0.2, 0.25) is 0 Å². The molecule has 1 saturated heterocycles. The van der Waals surface area contributed by atoms with E-state index in [2.05, 4.69) is 0 Å². The first-order chi connectivity index (χ1) is 9.89. The maximum absolute atomic E-state index is 12.4. The molecule has 1 aromatic carbocycles. The smallest absolute Gasteiger partial charge is 0.163 e. The van der Waals surface area contributed by atoms with Crippen LogP contribution in [0.4, 0.5) is 0 Å². The summed E-state index contributed by atoms with van der Waals surface area (Å²) in [4.78, 5) is 0.826. The van der Waals surface area contributed by atoms with E-state index in [1.54, 1.807) is 0 Å². The monoisotopic (exact) mass is 312 g/mol. The van der Waals surface area contributed by atoms with Gasteiger partial charge in [-0.05, 0) is 39.3 Å². The summed E-state index contributed by atoms with van der Waals surface area (Å²) in [5.74, 6) is -0.238. The molecule has 1 aliphatic heterocycles. The molecule has 3 atom stereocenters. The Labute approximate surface area is 128 Å². The summed E-state index contributed by atoms with van der Waals surface area (Å²) in [6, 6.07) is 7.75. The fraction of sp³-hybridized carbons (Fsp3) is 0.625. The van der Waals surface area contributed by atoms with Gasteiger partial charge in [-0.25, -0.2) is 0 Å². The molecule has 1 aliphatic rings. The third kappa shape index (κ3) is 4.88. The van der Waals surface area contributed by atoms with Crippen molar-refractivity contribution in [3.63, 3.8) is 0 Å². The van der Waals surface area contributed by atoms with Crippen molar-refractivity contribution in [2.75, 3.05) is 12.4 Å². The highest BCUT2D eigenvalue weighted by Gasteiger charge is 2.35. The minimum absolute atomic E-state index is 0.0428. The van der Waals surface area contributed by atoms with Crippen LogP contribution in [0.5, 0.6) is 0 Å². The minimum atomic E-state index is -1.08. The Morgan fingerprint density at radius 1 is 1.24 bits per heavy atom. The number of aliphatic hydroxyl groups is 1. The maximum Gasteiger partial charge on any atom is 0.163 e. The zero-order valence-corrected chi connectivity index (χ0v) is 13.7. The van der Waals surface area contributed by atoms with Gasteiger partial charge in [0.15, 0.2) is 5.79 Å². The Kier molecular flexibility index (Phi) is 5.54. The van der Waals surface area contributed by atoms with Gasteiger partial charge in [-0.15, -0.1) is 0 Å². The first kappa shape index (κ1) is 16.6. The van der Waals surface area contributed by atoms with Gasteiger partial charge in [0.1, 0.15) is 0 Å². The van der Waals surface area contributed by atoms with Crippen molar-refractivity contribution in [3.8, 4) is 0 Å². The zero-order valence-electron chi connectivity index (χ0n) is 12.9. The molecule has 1 heterocycles. The summed E-state index contributed by atoms with van der Waals surface area (Å²) in [6.07, 6.45) is 1.09. The van der Waals surface area contributed by atoms with Crippen molar-refractivity contribution >= 4 is 10.8 Å². The highest BCUT2D eigenvalue weighted by Crippen LogP contribution is 2.29. The van der Waals surface area contributed by atoms with Crippen molar-refractivity contribution in [2.45, 2.75) is 56.5 Å². The van der Waals surface area contributed by atoms with E-state index >= 15 is 0 Å². The fourth-order valence-corrected chi connectivity index (χ4v) is 3.77. The zero-order chi connectivity index (χ0) is 15.5. The van der Waals surface area contributed by atoms with Gasteiger partial charge in [-0.1, -0.05) is 17.7 Å².